The Morgan fingerprint density at radius 2 is 1.39 bits per heavy atom. The molecule has 3 heterocycles. The topological polar surface area (TPSA) is 107 Å². The number of ether oxygens (including phenoxy) is 1. The molecule has 1 N–H and O–H groups in total. The molecule has 2 aliphatic carbocycles. The molecule has 4 amide bonds. The first-order valence-corrected chi connectivity index (χ1v) is 16.0. The number of hydrogen-bond acceptors (Lipinski definition) is 7. The van der Waals surface area contributed by atoms with Crippen molar-refractivity contribution in [1.29, 1.82) is 0 Å². The normalized spacial score (nSPS) is 30.7. The van der Waals surface area contributed by atoms with Crippen LogP contribution in [-0.4, -0.2) is 55.0 Å². The zero-order valence-corrected chi connectivity index (χ0v) is 25.5. The van der Waals surface area contributed by atoms with Gasteiger partial charge in [0.25, 0.3) is 0 Å². The molecule has 4 fully saturated rings. The second-order valence-corrected chi connectivity index (χ2v) is 13.2. The molecule has 46 heavy (non-hydrogen) atoms. The molecule has 234 valence electrons. The number of carbonyl (C=O) groups is 4. The molecule has 1 saturated carbocycles. The second-order valence-electron chi connectivity index (χ2n) is 13.2. The quantitative estimate of drug-likeness (QED) is 0.335. The summed E-state index contributed by atoms with van der Waals surface area (Å²) in [6, 6.07) is 23.3. The Bertz CT molecular complexity index is 1760. The van der Waals surface area contributed by atoms with Gasteiger partial charge in [-0.2, -0.15) is 0 Å². The molecule has 6 atom stereocenters. The summed E-state index contributed by atoms with van der Waals surface area (Å²) in [6.45, 7) is 4.75. The molecule has 3 aromatic rings. The SMILES string of the molecule is C[C@@]12C(=O)N(c3ccccc3)C(=O)[C@@H]1C[C@@H]1C(=CC[C@@H]3C(=O)N(c4ccc(N5CCOCC5)cc4)C(=O)[C@@H]31)[C@@H]2c1ccc(O)cc1. The minimum absolute atomic E-state index is 0.0992. The summed E-state index contributed by atoms with van der Waals surface area (Å²) in [5, 5.41) is 10.1. The predicted octanol–water partition coefficient (Wildman–Crippen LogP) is 4.66. The lowest BCUT2D eigenvalue weighted by atomic mass is 9.51. The third kappa shape index (κ3) is 4.10. The summed E-state index contributed by atoms with van der Waals surface area (Å²) in [4.78, 5) is 61.8. The van der Waals surface area contributed by atoms with Crippen LogP contribution < -0.4 is 14.7 Å². The third-order valence-corrected chi connectivity index (χ3v) is 11.0. The summed E-state index contributed by atoms with van der Waals surface area (Å²) < 4.78 is 5.47. The van der Waals surface area contributed by atoms with Crippen LogP contribution in [0.1, 0.15) is 31.2 Å². The van der Waals surface area contributed by atoms with Crippen molar-refractivity contribution < 1.29 is 29.0 Å². The number of para-hydroxylation sites is 1. The molecule has 0 spiro atoms. The van der Waals surface area contributed by atoms with E-state index < -0.39 is 35.0 Å². The molecule has 0 radical (unpaired) electrons. The highest BCUT2D eigenvalue weighted by atomic mass is 16.5. The first-order chi connectivity index (χ1) is 22.3. The van der Waals surface area contributed by atoms with Crippen LogP contribution in [0, 0.1) is 29.1 Å². The molecule has 3 aromatic carbocycles. The zero-order chi connectivity index (χ0) is 31.7. The van der Waals surface area contributed by atoms with Gasteiger partial charge in [-0.05, 0) is 79.8 Å². The molecular formula is C37H35N3O6. The van der Waals surface area contributed by atoms with Crippen LogP contribution in [0.25, 0.3) is 0 Å². The van der Waals surface area contributed by atoms with Crippen LogP contribution in [0.2, 0.25) is 0 Å². The molecule has 0 aromatic heterocycles. The average Bonchev–Trinajstić information content (AvgIpc) is 3.45. The lowest BCUT2D eigenvalue weighted by Gasteiger charge is -2.49. The standard InChI is InChI=1S/C37H35N3O6/c1-37-30(34(43)40(36(37)45)24-5-3-2-4-6-24)21-29-27(32(37)22-7-13-26(41)14-8-22)15-16-28-31(29)35(44)39(33(28)42)25-11-9-23(10-12-25)38-17-19-46-20-18-38/h2-15,28-32,41H,16-21H2,1H3/t28-,29+,30-,31-,32-,37+/m0/s1. The Kier molecular flexibility index (Phi) is 6.65. The Balaban J connectivity index is 1.18. The van der Waals surface area contributed by atoms with E-state index in [9.17, 15) is 24.3 Å². The highest BCUT2D eigenvalue weighted by Gasteiger charge is 2.67. The minimum atomic E-state index is -1.11. The van der Waals surface area contributed by atoms with Gasteiger partial charge in [-0.1, -0.05) is 42.0 Å². The fourth-order valence-electron chi connectivity index (χ4n) is 8.77. The van der Waals surface area contributed by atoms with Crippen molar-refractivity contribution in [2.45, 2.75) is 25.7 Å². The molecule has 0 bridgehead atoms. The van der Waals surface area contributed by atoms with Crippen LogP contribution in [-0.2, 0) is 23.9 Å². The molecule has 0 unspecified atom stereocenters. The van der Waals surface area contributed by atoms with Crippen molar-refractivity contribution in [1.82, 2.24) is 0 Å². The van der Waals surface area contributed by atoms with E-state index in [1.807, 2.05) is 43.3 Å². The summed E-state index contributed by atoms with van der Waals surface area (Å²) in [5.74, 6) is -3.70. The number of imide groups is 2. The summed E-state index contributed by atoms with van der Waals surface area (Å²) in [5.41, 5.74) is 2.69. The van der Waals surface area contributed by atoms with Gasteiger partial charge < -0.3 is 14.7 Å². The molecule has 8 rings (SSSR count). The van der Waals surface area contributed by atoms with E-state index in [2.05, 4.69) is 4.90 Å². The van der Waals surface area contributed by atoms with Gasteiger partial charge in [-0.25, -0.2) is 4.90 Å². The van der Waals surface area contributed by atoms with Crippen molar-refractivity contribution in [2.24, 2.45) is 29.1 Å². The van der Waals surface area contributed by atoms with E-state index in [0.29, 0.717) is 37.4 Å². The van der Waals surface area contributed by atoms with Gasteiger partial charge in [0.05, 0.1) is 47.8 Å². The number of phenolic OH excluding ortho intramolecular Hbond substituents is 1. The van der Waals surface area contributed by atoms with E-state index in [1.54, 1.807) is 48.5 Å². The lowest BCUT2D eigenvalue weighted by Crippen LogP contribution is -2.48. The highest BCUT2D eigenvalue weighted by molar-refractivity contribution is 6.25. The van der Waals surface area contributed by atoms with Crippen molar-refractivity contribution in [3.8, 4) is 5.75 Å². The number of anilines is 3. The fourth-order valence-corrected chi connectivity index (χ4v) is 8.77. The maximum absolute atomic E-state index is 14.4. The second kappa shape index (κ2) is 10.7. The van der Waals surface area contributed by atoms with Gasteiger partial charge in [0.2, 0.25) is 23.6 Å². The van der Waals surface area contributed by atoms with Gasteiger partial charge in [0, 0.05) is 24.7 Å². The number of nitrogens with zero attached hydrogens (tertiary/aromatic N) is 3. The number of benzene rings is 3. The molecule has 9 heteroatoms. The molecule has 3 saturated heterocycles. The van der Waals surface area contributed by atoms with Gasteiger partial charge in [0.1, 0.15) is 5.75 Å². The first-order valence-electron chi connectivity index (χ1n) is 16.0. The van der Waals surface area contributed by atoms with E-state index >= 15 is 0 Å². The smallest absolute Gasteiger partial charge is 0.241 e. The summed E-state index contributed by atoms with van der Waals surface area (Å²) in [7, 11) is 0. The number of amides is 4. The van der Waals surface area contributed by atoms with Crippen LogP contribution in [0.4, 0.5) is 17.1 Å². The van der Waals surface area contributed by atoms with Crippen LogP contribution in [0.5, 0.6) is 5.75 Å². The minimum Gasteiger partial charge on any atom is -0.508 e. The number of rotatable bonds is 4. The Morgan fingerprint density at radius 1 is 0.739 bits per heavy atom. The number of morpholine rings is 1. The zero-order valence-electron chi connectivity index (χ0n) is 25.5. The van der Waals surface area contributed by atoms with E-state index in [-0.39, 0.29) is 29.4 Å². The van der Waals surface area contributed by atoms with Crippen molar-refractivity contribution in [3.63, 3.8) is 0 Å². The van der Waals surface area contributed by atoms with Crippen LogP contribution >= 0.6 is 0 Å². The Labute approximate surface area is 267 Å². The van der Waals surface area contributed by atoms with Gasteiger partial charge in [0.15, 0.2) is 0 Å². The monoisotopic (exact) mass is 617 g/mol. The van der Waals surface area contributed by atoms with Crippen LogP contribution in [0.15, 0.2) is 90.5 Å². The van der Waals surface area contributed by atoms with Crippen molar-refractivity contribution in [3.05, 3.63) is 96.1 Å². The Morgan fingerprint density at radius 3 is 2.09 bits per heavy atom. The highest BCUT2D eigenvalue weighted by Crippen LogP contribution is 2.63. The molecule has 5 aliphatic rings. The number of fused-ring (bicyclic) bond motifs is 4. The first kappa shape index (κ1) is 28.7. The van der Waals surface area contributed by atoms with E-state index in [0.717, 1.165) is 29.9 Å². The van der Waals surface area contributed by atoms with Gasteiger partial charge in [-0.3, -0.25) is 24.1 Å². The van der Waals surface area contributed by atoms with Gasteiger partial charge >= 0.3 is 0 Å². The lowest BCUT2D eigenvalue weighted by molar-refractivity contribution is -0.131. The average molecular weight is 618 g/mol. The fraction of sp³-hybridized carbons (Fsp3) is 0.351. The summed E-state index contributed by atoms with van der Waals surface area (Å²) >= 11 is 0. The molecule has 9 nitrogen and oxygen atoms in total. The number of carbonyl (C=O) groups excluding carboxylic acids is 4. The largest absolute Gasteiger partial charge is 0.508 e. The van der Waals surface area contributed by atoms with Crippen molar-refractivity contribution in [2.75, 3.05) is 41.0 Å². The van der Waals surface area contributed by atoms with E-state index in [1.165, 1.54) is 9.80 Å². The number of hydrogen-bond donors (Lipinski definition) is 1. The number of allylic oxidation sites excluding steroid dienone is 2. The maximum Gasteiger partial charge on any atom is 0.241 e. The van der Waals surface area contributed by atoms with Gasteiger partial charge in [-0.15, -0.1) is 0 Å². The Hall–Kier alpha value is -4.76. The van der Waals surface area contributed by atoms with Crippen LogP contribution in [0.3, 0.4) is 0 Å². The van der Waals surface area contributed by atoms with Crippen molar-refractivity contribution >= 4 is 40.7 Å². The maximum atomic E-state index is 14.4. The third-order valence-electron chi connectivity index (χ3n) is 11.0. The molecule has 3 aliphatic heterocycles. The van der Waals surface area contributed by atoms with E-state index in [4.69, 9.17) is 4.74 Å². The summed E-state index contributed by atoms with van der Waals surface area (Å²) in [6.07, 6.45) is 2.72. The molecular weight excluding hydrogens is 582 g/mol. The predicted molar refractivity (Wildman–Crippen MR) is 171 cm³/mol. The number of aromatic hydroxyl groups is 1. The number of phenols is 1.